The van der Waals surface area contributed by atoms with Crippen LogP contribution in [-0.2, 0) is 6.42 Å². The summed E-state index contributed by atoms with van der Waals surface area (Å²) in [5.41, 5.74) is 1.16. The Bertz CT molecular complexity index is 527. The van der Waals surface area contributed by atoms with Crippen molar-refractivity contribution in [3.63, 3.8) is 0 Å². The Hall–Kier alpha value is -1.75. The van der Waals surface area contributed by atoms with E-state index in [0.717, 1.165) is 43.2 Å². The molecule has 25 heavy (non-hydrogen) atoms. The largest absolute Gasteiger partial charge is 0.497 e. The van der Waals surface area contributed by atoms with Crippen LogP contribution in [0, 0.1) is 5.92 Å². The predicted molar refractivity (Wildman–Crippen MR) is 102 cm³/mol. The number of piperidine rings is 1. The molecule has 2 N–H and O–H groups in total. The normalized spacial score (nSPS) is 17.1. The molecule has 1 aliphatic rings. The molecule has 2 rings (SSSR count). The molecule has 1 fully saturated rings. The van der Waals surface area contributed by atoms with Gasteiger partial charge in [0, 0.05) is 12.6 Å². The molecule has 0 saturated carbocycles. The number of likely N-dealkylation sites (tertiary alicyclic amines) is 1. The van der Waals surface area contributed by atoms with Gasteiger partial charge >= 0.3 is 6.03 Å². The Labute approximate surface area is 152 Å². The van der Waals surface area contributed by atoms with E-state index in [1.807, 2.05) is 25.1 Å². The van der Waals surface area contributed by atoms with Gasteiger partial charge < -0.3 is 20.3 Å². The molecule has 0 bridgehead atoms. The minimum absolute atomic E-state index is 0.0793. The van der Waals surface area contributed by atoms with Crippen LogP contribution in [0.4, 0.5) is 4.79 Å². The monoisotopic (exact) mass is 347 g/mol. The van der Waals surface area contributed by atoms with Crippen molar-refractivity contribution in [2.75, 3.05) is 33.3 Å². The van der Waals surface area contributed by atoms with E-state index >= 15 is 0 Å². The lowest BCUT2D eigenvalue weighted by molar-refractivity contribution is 0.190. The second-order valence-corrected chi connectivity index (χ2v) is 7.23. The van der Waals surface area contributed by atoms with Gasteiger partial charge in [-0.2, -0.15) is 0 Å². The van der Waals surface area contributed by atoms with Gasteiger partial charge in [0.25, 0.3) is 0 Å². The highest BCUT2D eigenvalue weighted by molar-refractivity contribution is 5.74. The Morgan fingerprint density at radius 2 is 2.12 bits per heavy atom. The first-order valence-corrected chi connectivity index (χ1v) is 9.46. The first kappa shape index (κ1) is 19.6. The summed E-state index contributed by atoms with van der Waals surface area (Å²) in [6, 6.07) is 7.96. The van der Waals surface area contributed by atoms with E-state index in [1.54, 1.807) is 7.11 Å². The Kier molecular flexibility index (Phi) is 8.06. The number of benzene rings is 1. The highest BCUT2D eigenvalue weighted by Gasteiger charge is 2.15. The van der Waals surface area contributed by atoms with Crippen LogP contribution in [0.25, 0.3) is 0 Å². The van der Waals surface area contributed by atoms with Crippen molar-refractivity contribution in [1.29, 1.82) is 0 Å². The van der Waals surface area contributed by atoms with Gasteiger partial charge in [-0.3, -0.25) is 0 Å². The summed E-state index contributed by atoms with van der Waals surface area (Å²) >= 11 is 0. The smallest absolute Gasteiger partial charge is 0.315 e. The van der Waals surface area contributed by atoms with Crippen molar-refractivity contribution in [1.82, 2.24) is 15.5 Å². The van der Waals surface area contributed by atoms with Crippen LogP contribution in [0.3, 0.4) is 0 Å². The predicted octanol–water partition coefficient (Wildman–Crippen LogP) is 3.05. The zero-order chi connectivity index (χ0) is 18.1. The summed E-state index contributed by atoms with van der Waals surface area (Å²) < 4.78 is 5.24. The van der Waals surface area contributed by atoms with Crippen LogP contribution in [-0.4, -0.2) is 50.3 Å². The molecule has 1 saturated heterocycles. The van der Waals surface area contributed by atoms with E-state index < -0.39 is 0 Å². The SMILES string of the molecule is COc1cccc(CC(C)NC(=O)NCCCN2CCC(C)CC2)c1. The Morgan fingerprint density at radius 3 is 2.84 bits per heavy atom. The third kappa shape index (κ3) is 7.34. The molecule has 0 aliphatic carbocycles. The number of hydrogen-bond donors (Lipinski definition) is 2. The van der Waals surface area contributed by atoms with Crippen molar-refractivity contribution in [2.24, 2.45) is 5.92 Å². The molecule has 140 valence electrons. The summed E-state index contributed by atoms with van der Waals surface area (Å²) in [5, 5.41) is 5.97. The summed E-state index contributed by atoms with van der Waals surface area (Å²) in [6.07, 6.45) is 4.40. The van der Waals surface area contributed by atoms with Crippen molar-refractivity contribution in [3.05, 3.63) is 29.8 Å². The fourth-order valence-corrected chi connectivity index (χ4v) is 3.27. The van der Waals surface area contributed by atoms with Crippen LogP contribution in [0.15, 0.2) is 24.3 Å². The molecular weight excluding hydrogens is 314 g/mol. The number of amides is 2. The van der Waals surface area contributed by atoms with Crippen LogP contribution >= 0.6 is 0 Å². The van der Waals surface area contributed by atoms with Crippen LogP contribution in [0.5, 0.6) is 5.75 Å². The zero-order valence-electron chi connectivity index (χ0n) is 15.9. The molecule has 2 amide bonds. The van der Waals surface area contributed by atoms with E-state index in [1.165, 1.54) is 25.9 Å². The molecule has 0 aromatic heterocycles. The number of nitrogens with one attached hydrogen (secondary N) is 2. The average molecular weight is 348 g/mol. The van der Waals surface area contributed by atoms with Crippen molar-refractivity contribution in [2.45, 2.75) is 45.6 Å². The maximum atomic E-state index is 12.0. The van der Waals surface area contributed by atoms with E-state index in [0.29, 0.717) is 0 Å². The van der Waals surface area contributed by atoms with E-state index in [9.17, 15) is 4.79 Å². The van der Waals surface area contributed by atoms with Crippen LogP contribution in [0.1, 0.15) is 38.7 Å². The van der Waals surface area contributed by atoms with Crippen molar-refractivity contribution < 1.29 is 9.53 Å². The number of hydrogen-bond acceptors (Lipinski definition) is 3. The molecule has 1 unspecified atom stereocenters. The molecular formula is C20H33N3O2. The van der Waals surface area contributed by atoms with E-state index in [2.05, 4.69) is 28.5 Å². The summed E-state index contributed by atoms with van der Waals surface area (Å²) in [4.78, 5) is 14.5. The van der Waals surface area contributed by atoms with Crippen molar-refractivity contribution in [3.8, 4) is 5.75 Å². The third-order valence-electron chi connectivity index (χ3n) is 4.87. The summed E-state index contributed by atoms with van der Waals surface area (Å²) in [6.45, 7) is 8.55. The second kappa shape index (κ2) is 10.3. The highest BCUT2D eigenvalue weighted by Crippen LogP contribution is 2.16. The molecule has 1 aromatic rings. The molecule has 1 heterocycles. The molecule has 1 aromatic carbocycles. The number of ether oxygens (including phenoxy) is 1. The quantitative estimate of drug-likeness (QED) is 0.711. The Balaban J connectivity index is 1.59. The minimum Gasteiger partial charge on any atom is -0.497 e. The number of carbonyl (C=O) groups is 1. The van der Waals surface area contributed by atoms with Gasteiger partial charge in [0.05, 0.1) is 7.11 Å². The van der Waals surface area contributed by atoms with Crippen LogP contribution in [0.2, 0.25) is 0 Å². The fourth-order valence-electron chi connectivity index (χ4n) is 3.27. The minimum atomic E-state index is -0.0809. The third-order valence-corrected chi connectivity index (χ3v) is 4.87. The number of nitrogens with zero attached hydrogens (tertiary/aromatic N) is 1. The summed E-state index contributed by atoms with van der Waals surface area (Å²) in [5.74, 6) is 1.72. The number of rotatable bonds is 8. The molecule has 1 aliphatic heterocycles. The van der Waals surface area contributed by atoms with Crippen LogP contribution < -0.4 is 15.4 Å². The highest BCUT2D eigenvalue weighted by atomic mass is 16.5. The van der Waals surface area contributed by atoms with Gasteiger partial charge in [-0.25, -0.2) is 4.79 Å². The number of methoxy groups -OCH3 is 1. The maximum absolute atomic E-state index is 12.0. The lowest BCUT2D eigenvalue weighted by Gasteiger charge is -2.30. The summed E-state index contributed by atoms with van der Waals surface area (Å²) in [7, 11) is 1.67. The maximum Gasteiger partial charge on any atom is 0.315 e. The lowest BCUT2D eigenvalue weighted by atomic mass is 9.99. The van der Waals surface area contributed by atoms with E-state index in [4.69, 9.17) is 4.74 Å². The molecule has 0 spiro atoms. The Morgan fingerprint density at radius 1 is 1.36 bits per heavy atom. The molecule has 5 heteroatoms. The fraction of sp³-hybridized carbons (Fsp3) is 0.650. The van der Waals surface area contributed by atoms with Crippen molar-refractivity contribution >= 4 is 6.03 Å². The van der Waals surface area contributed by atoms with Gasteiger partial charge in [-0.15, -0.1) is 0 Å². The van der Waals surface area contributed by atoms with Gasteiger partial charge in [0.1, 0.15) is 5.75 Å². The lowest BCUT2D eigenvalue weighted by Crippen LogP contribution is -2.42. The van der Waals surface area contributed by atoms with Gasteiger partial charge in [0.15, 0.2) is 0 Å². The van der Waals surface area contributed by atoms with Gasteiger partial charge in [0.2, 0.25) is 0 Å². The van der Waals surface area contributed by atoms with E-state index in [-0.39, 0.29) is 12.1 Å². The van der Waals surface area contributed by atoms with Gasteiger partial charge in [-0.05, 0) is 75.9 Å². The number of carbonyl (C=O) groups excluding carboxylic acids is 1. The standard InChI is InChI=1S/C20H33N3O2/c1-16-8-12-23(13-9-16)11-5-10-21-20(24)22-17(2)14-18-6-4-7-19(15-18)25-3/h4,6-7,15-17H,5,8-14H2,1-3H3,(H2,21,22,24). The zero-order valence-corrected chi connectivity index (χ0v) is 15.9. The van der Waals surface area contributed by atoms with Gasteiger partial charge in [-0.1, -0.05) is 19.1 Å². The topological polar surface area (TPSA) is 53.6 Å². The second-order valence-electron chi connectivity index (χ2n) is 7.23. The first-order valence-electron chi connectivity index (χ1n) is 9.46. The molecule has 0 radical (unpaired) electrons. The first-order chi connectivity index (χ1) is 12.1. The molecule has 1 atom stereocenters. The average Bonchev–Trinajstić information content (AvgIpc) is 2.60. The number of urea groups is 1. The molecule has 5 nitrogen and oxygen atoms in total.